The highest BCUT2D eigenvalue weighted by Crippen LogP contribution is 2.27. The quantitative estimate of drug-likeness (QED) is 0.719. The fourth-order valence-electron chi connectivity index (χ4n) is 2.62. The zero-order valence-electron chi connectivity index (χ0n) is 9.23. The highest BCUT2D eigenvalue weighted by Gasteiger charge is 2.31. The van der Waals surface area contributed by atoms with Gasteiger partial charge < -0.3 is 4.74 Å². The Balaban J connectivity index is 1.73. The summed E-state index contributed by atoms with van der Waals surface area (Å²) >= 11 is 0. The maximum Gasteiger partial charge on any atom is 0.122 e. The zero-order valence-corrected chi connectivity index (χ0v) is 9.23. The van der Waals surface area contributed by atoms with E-state index < -0.39 is 6.17 Å². The predicted octanol–water partition coefficient (Wildman–Crippen LogP) is 2.03. The van der Waals surface area contributed by atoms with Crippen LogP contribution < -0.4 is 4.74 Å². The van der Waals surface area contributed by atoms with Gasteiger partial charge in [-0.3, -0.25) is 4.90 Å². The van der Waals surface area contributed by atoms with Crippen LogP contribution >= 0.6 is 0 Å². The Labute approximate surface area is 95.0 Å². The van der Waals surface area contributed by atoms with E-state index in [0.29, 0.717) is 25.6 Å². The first-order chi connectivity index (χ1) is 7.83. The molecule has 2 aliphatic rings. The Morgan fingerprint density at radius 1 is 1.31 bits per heavy atom. The lowest BCUT2D eigenvalue weighted by molar-refractivity contribution is 0.135. The van der Waals surface area contributed by atoms with Crippen molar-refractivity contribution < 1.29 is 9.13 Å². The van der Waals surface area contributed by atoms with Gasteiger partial charge in [0.25, 0.3) is 0 Å². The molecule has 2 aliphatic heterocycles. The molecule has 0 amide bonds. The number of likely N-dealkylation sites (tertiary alicyclic amines) is 1. The number of hydrogen-bond acceptors (Lipinski definition) is 2. The van der Waals surface area contributed by atoms with E-state index in [1.165, 1.54) is 5.56 Å². The molecule has 0 aromatic heterocycles. The predicted molar refractivity (Wildman–Crippen MR) is 60.5 cm³/mol. The lowest BCUT2D eigenvalue weighted by atomic mass is 10.0. The second-order valence-electron chi connectivity index (χ2n) is 4.66. The van der Waals surface area contributed by atoms with Gasteiger partial charge in [-0.2, -0.15) is 0 Å². The van der Waals surface area contributed by atoms with Gasteiger partial charge in [0, 0.05) is 19.1 Å². The van der Waals surface area contributed by atoms with E-state index in [1.807, 2.05) is 18.2 Å². The smallest absolute Gasteiger partial charge is 0.122 e. The Morgan fingerprint density at radius 3 is 3.00 bits per heavy atom. The van der Waals surface area contributed by atoms with Gasteiger partial charge in [0.15, 0.2) is 0 Å². The molecule has 1 aromatic rings. The molecule has 2 atom stereocenters. The van der Waals surface area contributed by atoms with Crippen LogP contribution in [0.3, 0.4) is 0 Å². The van der Waals surface area contributed by atoms with Gasteiger partial charge in [0.2, 0.25) is 0 Å². The van der Waals surface area contributed by atoms with Crippen molar-refractivity contribution in [2.75, 3.05) is 19.7 Å². The summed E-state index contributed by atoms with van der Waals surface area (Å²) in [5.74, 6) is 0.995. The second-order valence-corrected chi connectivity index (χ2v) is 4.66. The van der Waals surface area contributed by atoms with E-state index in [0.717, 1.165) is 18.7 Å². The maximum atomic E-state index is 13.1. The first-order valence-electron chi connectivity index (χ1n) is 5.92. The maximum absolute atomic E-state index is 13.1. The molecular weight excluding hydrogens is 205 g/mol. The van der Waals surface area contributed by atoms with Crippen molar-refractivity contribution in [2.24, 2.45) is 0 Å². The minimum absolute atomic E-state index is 0.357. The standard InChI is InChI=1S/C13H16FNO/c14-11-5-6-15(8-11)12-7-10-3-1-2-4-13(10)16-9-12/h1-4,11-12H,5-9H2. The summed E-state index contributed by atoms with van der Waals surface area (Å²) in [6.07, 6.45) is 1.03. The summed E-state index contributed by atoms with van der Waals surface area (Å²) < 4.78 is 18.9. The Kier molecular flexibility index (Phi) is 2.56. The average molecular weight is 221 g/mol. The Hall–Kier alpha value is -1.09. The third-order valence-corrected chi connectivity index (χ3v) is 3.54. The van der Waals surface area contributed by atoms with Crippen LogP contribution in [0.1, 0.15) is 12.0 Å². The number of rotatable bonds is 1. The summed E-state index contributed by atoms with van der Waals surface area (Å²) in [4.78, 5) is 2.22. The van der Waals surface area contributed by atoms with E-state index in [9.17, 15) is 4.39 Å². The van der Waals surface area contributed by atoms with E-state index >= 15 is 0 Å². The molecule has 1 aromatic carbocycles. The largest absolute Gasteiger partial charge is 0.492 e. The van der Waals surface area contributed by atoms with Crippen molar-refractivity contribution in [2.45, 2.75) is 25.1 Å². The molecule has 0 bridgehead atoms. The molecule has 1 saturated heterocycles. The van der Waals surface area contributed by atoms with Crippen LogP contribution in [0.5, 0.6) is 5.75 Å². The number of alkyl halides is 1. The Morgan fingerprint density at radius 2 is 2.19 bits per heavy atom. The first-order valence-corrected chi connectivity index (χ1v) is 5.92. The van der Waals surface area contributed by atoms with Gasteiger partial charge in [-0.1, -0.05) is 18.2 Å². The molecule has 0 saturated carbocycles. The fourth-order valence-corrected chi connectivity index (χ4v) is 2.62. The molecule has 2 unspecified atom stereocenters. The van der Waals surface area contributed by atoms with Crippen LogP contribution in [0, 0.1) is 0 Å². The summed E-state index contributed by atoms with van der Waals surface area (Å²) in [5.41, 5.74) is 1.25. The first kappa shape index (κ1) is 10.1. The highest BCUT2D eigenvalue weighted by molar-refractivity contribution is 5.35. The molecule has 0 aliphatic carbocycles. The summed E-state index contributed by atoms with van der Waals surface area (Å²) in [6, 6.07) is 8.49. The molecule has 86 valence electrons. The van der Waals surface area contributed by atoms with E-state index in [1.54, 1.807) is 0 Å². The molecular formula is C13H16FNO. The van der Waals surface area contributed by atoms with E-state index in [4.69, 9.17) is 4.74 Å². The van der Waals surface area contributed by atoms with Crippen molar-refractivity contribution in [1.29, 1.82) is 0 Å². The molecule has 0 radical (unpaired) electrons. The van der Waals surface area contributed by atoms with Gasteiger partial charge in [-0.05, 0) is 24.5 Å². The number of benzene rings is 1. The minimum atomic E-state index is -0.642. The van der Waals surface area contributed by atoms with E-state index in [-0.39, 0.29) is 0 Å². The van der Waals surface area contributed by atoms with Crippen molar-refractivity contribution in [3.05, 3.63) is 29.8 Å². The molecule has 0 spiro atoms. The molecule has 2 heterocycles. The molecule has 16 heavy (non-hydrogen) atoms. The third-order valence-electron chi connectivity index (χ3n) is 3.54. The zero-order chi connectivity index (χ0) is 11.0. The lowest BCUT2D eigenvalue weighted by Crippen LogP contribution is -2.41. The molecule has 0 N–H and O–H groups in total. The number of hydrogen-bond donors (Lipinski definition) is 0. The van der Waals surface area contributed by atoms with Crippen molar-refractivity contribution in [3.8, 4) is 5.75 Å². The van der Waals surface area contributed by atoms with Crippen molar-refractivity contribution in [3.63, 3.8) is 0 Å². The van der Waals surface area contributed by atoms with Crippen molar-refractivity contribution >= 4 is 0 Å². The van der Waals surface area contributed by atoms with Crippen LogP contribution in [-0.4, -0.2) is 36.8 Å². The van der Waals surface area contributed by atoms with Crippen LogP contribution in [-0.2, 0) is 6.42 Å². The number of fused-ring (bicyclic) bond motifs is 1. The Bertz CT molecular complexity index is 382. The summed E-state index contributed by atoms with van der Waals surface area (Å²) in [6.45, 7) is 2.15. The van der Waals surface area contributed by atoms with Crippen molar-refractivity contribution in [1.82, 2.24) is 4.90 Å². The second kappa shape index (κ2) is 4.06. The fraction of sp³-hybridized carbons (Fsp3) is 0.538. The normalized spacial score (nSPS) is 29.8. The minimum Gasteiger partial charge on any atom is -0.492 e. The van der Waals surface area contributed by atoms with Crippen LogP contribution in [0.4, 0.5) is 4.39 Å². The number of para-hydroxylation sites is 1. The van der Waals surface area contributed by atoms with Gasteiger partial charge in [0.05, 0.1) is 0 Å². The highest BCUT2D eigenvalue weighted by atomic mass is 19.1. The summed E-state index contributed by atoms with van der Waals surface area (Å²) in [7, 11) is 0. The van der Waals surface area contributed by atoms with Gasteiger partial charge in [0.1, 0.15) is 18.5 Å². The van der Waals surface area contributed by atoms with Crippen LogP contribution in [0.15, 0.2) is 24.3 Å². The van der Waals surface area contributed by atoms with Gasteiger partial charge in [-0.15, -0.1) is 0 Å². The molecule has 3 heteroatoms. The molecule has 1 fully saturated rings. The van der Waals surface area contributed by atoms with Crippen LogP contribution in [0.25, 0.3) is 0 Å². The SMILES string of the molecule is FC1CCN(C2COc3ccccc3C2)C1. The van der Waals surface area contributed by atoms with Gasteiger partial charge in [-0.25, -0.2) is 4.39 Å². The van der Waals surface area contributed by atoms with E-state index in [2.05, 4.69) is 11.0 Å². The molecule has 3 rings (SSSR count). The molecule has 2 nitrogen and oxygen atoms in total. The third kappa shape index (κ3) is 1.80. The number of ether oxygens (including phenoxy) is 1. The van der Waals surface area contributed by atoms with Gasteiger partial charge >= 0.3 is 0 Å². The van der Waals surface area contributed by atoms with Crippen LogP contribution in [0.2, 0.25) is 0 Å². The average Bonchev–Trinajstić information content (AvgIpc) is 2.75. The number of nitrogens with zero attached hydrogens (tertiary/aromatic N) is 1. The lowest BCUT2D eigenvalue weighted by Gasteiger charge is -2.32. The topological polar surface area (TPSA) is 12.5 Å². The summed E-state index contributed by atoms with van der Waals surface area (Å²) in [5, 5.41) is 0. The number of halogens is 1. The monoisotopic (exact) mass is 221 g/mol.